The van der Waals surface area contributed by atoms with E-state index in [-0.39, 0.29) is 5.75 Å². The van der Waals surface area contributed by atoms with Crippen molar-refractivity contribution in [1.29, 1.82) is 0 Å². The molecule has 0 spiro atoms. The predicted octanol–water partition coefficient (Wildman–Crippen LogP) is 1.93. The van der Waals surface area contributed by atoms with Gasteiger partial charge >= 0.3 is 6.61 Å². The number of benzene rings is 1. The molecule has 1 aliphatic heterocycles. The molecule has 1 N–H and O–H groups in total. The second-order valence-corrected chi connectivity index (χ2v) is 3.24. The van der Waals surface area contributed by atoms with Crippen LogP contribution in [0.25, 0.3) is 0 Å². The minimum atomic E-state index is -2.74. The smallest absolute Gasteiger partial charge is 0.387 e. The molecule has 0 radical (unpaired) electrons. The molecule has 1 aromatic carbocycles. The van der Waals surface area contributed by atoms with Crippen LogP contribution in [0.15, 0.2) is 18.2 Å². The van der Waals surface area contributed by atoms with E-state index in [2.05, 4.69) is 10.1 Å². The minimum absolute atomic E-state index is 0.251. The van der Waals surface area contributed by atoms with Gasteiger partial charge in [0.1, 0.15) is 5.75 Å². The first kappa shape index (κ1) is 9.40. The molecule has 0 saturated heterocycles. The maximum atomic E-state index is 11.9. The van der Waals surface area contributed by atoms with Crippen molar-refractivity contribution >= 4 is 0 Å². The van der Waals surface area contributed by atoms with Crippen molar-refractivity contribution < 1.29 is 13.5 Å². The van der Waals surface area contributed by atoms with E-state index in [1.807, 2.05) is 6.07 Å². The maximum absolute atomic E-state index is 11.9. The average Bonchev–Trinajstić information content (AvgIpc) is 2.17. The molecule has 0 atom stereocenters. The zero-order valence-corrected chi connectivity index (χ0v) is 7.59. The summed E-state index contributed by atoms with van der Waals surface area (Å²) in [5, 5.41) is 3.21. The van der Waals surface area contributed by atoms with Gasteiger partial charge in [-0.15, -0.1) is 0 Å². The second kappa shape index (κ2) is 3.92. The zero-order chi connectivity index (χ0) is 9.97. The highest BCUT2D eigenvalue weighted by Crippen LogP contribution is 2.21. The van der Waals surface area contributed by atoms with E-state index in [0.29, 0.717) is 0 Å². The van der Waals surface area contributed by atoms with Gasteiger partial charge in [-0.05, 0) is 36.2 Å². The van der Waals surface area contributed by atoms with Gasteiger partial charge in [0.2, 0.25) is 0 Å². The van der Waals surface area contributed by atoms with E-state index in [4.69, 9.17) is 0 Å². The van der Waals surface area contributed by atoms with Crippen LogP contribution in [0.3, 0.4) is 0 Å². The minimum Gasteiger partial charge on any atom is -0.435 e. The molecule has 2 rings (SSSR count). The molecule has 2 nitrogen and oxygen atoms in total. The van der Waals surface area contributed by atoms with Gasteiger partial charge in [-0.1, -0.05) is 6.07 Å². The maximum Gasteiger partial charge on any atom is 0.387 e. The van der Waals surface area contributed by atoms with Crippen molar-refractivity contribution in [3.63, 3.8) is 0 Å². The fourth-order valence-corrected chi connectivity index (χ4v) is 1.63. The summed E-state index contributed by atoms with van der Waals surface area (Å²) in [6.07, 6.45) is 0.871. The number of hydrogen-bond acceptors (Lipinski definition) is 2. The number of rotatable bonds is 2. The number of ether oxygens (including phenoxy) is 1. The predicted molar refractivity (Wildman–Crippen MR) is 48.5 cm³/mol. The van der Waals surface area contributed by atoms with Gasteiger partial charge < -0.3 is 10.1 Å². The lowest BCUT2D eigenvalue weighted by Crippen LogP contribution is -2.23. The fraction of sp³-hybridized carbons (Fsp3) is 0.400. The number of nitrogens with one attached hydrogen (secondary N) is 1. The molecule has 0 saturated carbocycles. The van der Waals surface area contributed by atoms with Crippen molar-refractivity contribution in [1.82, 2.24) is 5.32 Å². The summed E-state index contributed by atoms with van der Waals surface area (Å²) in [5.74, 6) is 0.251. The van der Waals surface area contributed by atoms with Gasteiger partial charge in [-0.25, -0.2) is 0 Å². The molecule has 0 bridgehead atoms. The van der Waals surface area contributed by atoms with Gasteiger partial charge in [-0.2, -0.15) is 8.78 Å². The highest BCUT2D eigenvalue weighted by Gasteiger charge is 2.11. The van der Waals surface area contributed by atoms with Crippen molar-refractivity contribution in [2.75, 3.05) is 6.54 Å². The highest BCUT2D eigenvalue weighted by molar-refractivity contribution is 5.37. The Morgan fingerprint density at radius 3 is 2.93 bits per heavy atom. The van der Waals surface area contributed by atoms with Gasteiger partial charge in [0.25, 0.3) is 0 Å². The van der Waals surface area contributed by atoms with Crippen molar-refractivity contribution in [3.05, 3.63) is 29.3 Å². The van der Waals surface area contributed by atoms with Crippen LogP contribution in [0.1, 0.15) is 11.1 Å². The van der Waals surface area contributed by atoms with Crippen molar-refractivity contribution in [3.8, 4) is 5.75 Å². The molecule has 0 fully saturated rings. The summed E-state index contributed by atoms with van der Waals surface area (Å²) < 4.78 is 28.2. The highest BCUT2D eigenvalue weighted by atomic mass is 19.3. The topological polar surface area (TPSA) is 21.3 Å². The Bertz CT molecular complexity index is 328. The fourth-order valence-electron chi connectivity index (χ4n) is 1.63. The Labute approximate surface area is 80.9 Å². The summed E-state index contributed by atoms with van der Waals surface area (Å²) >= 11 is 0. The Morgan fingerprint density at radius 2 is 2.14 bits per heavy atom. The van der Waals surface area contributed by atoms with Crippen LogP contribution in [-0.4, -0.2) is 13.2 Å². The largest absolute Gasteiger partial charge is 0.435 e. The summed E-state index contributed by atoms with van der Waals surface area (Å²) in [6, 6.07) is 5.11. The Kier molecular flexibility index (Phi) is 2.63. The zero-order valence-electron chi connectivity index (χ0n) is 7.59. The Hall–Kier alpha value is -1.16. The van der Waals surface area contributed by atoms with E-state index < -0.39 is 6.61 Å². The summed E-state index contributed by atoms with van der Waals surface area (Å²) in [7, 11) is 0. The summed E-state index contributed by atoms with van der Waals surface area (Å²) in [6.45, 7) is -1.04. The molecule has 1 aromatic rings. The van der Waals surface area contributed by atoms with Crippen LogP contribution in [0.5, 0.6) is 5.75 Å². The first-order valence-electron chi connectivity index (χ1n) is 4.53. The summed E-state index contributed by atoms with van der Waals surface area (Å²) in [4.78, 5) is 0. The van der Waals surface area contributed by atoms with Gasteiger partial charge in [-0.3, -0.25) is 0 Å². The first-order chi connectivity index (χ1) is 6.75. The molecular weight excluding hydrogens is 188 g/mol. The monoisotopic (exact) mass is 199 g/mol. The molecule has 1 aliphatic rings. The van der Waals surface area contributed by atoms with Crippen LogP contribution in [0.4, 0.5) is 8.78 Å². The third-order valence-corrected chi connectivity index (χ3v) is 2.29. The number of halogens is 2. The van der Waals surface area contributed by atoms with E-state index in [1.54, 1.807) is 12.1 Å². The third-order valence-electron chi connectivity index (χ3n) is 2.29. The van der Waals surface area contributed by atoms with Crippen LogP contribution >= 0.6 is 0 Å². The van der Waals surface area contributed by atoms with E-state index >= 15 is 0 Å². The van der Waals surface area contributed by atoms with Gasteiger partial charge in [0.15, 0.2) is 0 Å². The van der Waals surface area contributed by atoms with Crippen LogP contribution < -0.4 is 10.1 Å². The lowest BCUT2D eigenvalue weighted by Gasteiger charge is -2.17. The lowest BCUT2D eigenvalue weighted by molar-refractivity contribution is -0.0499. The molecule has 0 amide bonds. The van der Waals surface area contributed by atoms with E-state index in [0.717, 1.165) is 30.6 Å². The van der Waals surface area contributed by atoms with Gasteiger partial charge in [0, 0.05) is 6.54 Å². The molecule has 76 valence electrons. The SMILES string of the molecule is FC(F)Oc1ccc2c(c1)CCNC2. The van der Waals surface area contributed by atoms with Crippen LogP contribution in [0, 0.1) is 0 Å². The molecule has 14 heavy (non-hydrogen) atoms. The quantitative estimate of drug-likeness (QED) is 0.785. The van der Waals surface area contributed by atoms with Crippen LogP contribution in [0.2, 0.25) is 0 Å². The molecule has 0 unspecified atom stereocenters. The number of fused-ring (bicyclic) bond motifs is 1. The Morgan fingerprint density at radius 1 is 1.29 bits per heavy atom. The lowest BCUT2D eigenvalue weighted by atomic mass is 10.0. The van der Waals surface area contributed by atoms with Crippen molar-refractivity contribution in [2.45, 2.75) is 19.6 Å². The molecule has 4 heteroatoms. The van der Waals surface area contributed by atoms with E-state index in [1.165, 1.54) is 0 Å². The third kappa shape index (κ3) is 2.01. The molecular formula is C10H11F2NO. The second-order valence-electron chi connectivity index (χ2n) is 3.24. The molecule has 0 aliphatic carbocycles. The number of hydrogen-bond donors (Lipinski definition) is 1. The molecule has 1 heterocycles. The van der Waals surface area contributed by atoms with E-state index in [9.17, 15) is 8.78 Å². The summed E-state index contributed by atoms with van der Waals surface area (Å²) in [5.41, 5.74) is 2.26. The Balaban J connectivity index is 2.20. The van der Waals surface area contributed by atoms with Crippen LogP contribution in [-0.2, 0) is 13.0 Å². The van der Waals surface area contributed by atoms with Crippen molar-refractivity contribution in [2.24, 2.45) is 0 Å². The normalized spacial score (nSPS) is 15.4. The van der Waals surface area contributed by atoms with Gasteiger partial charge in [0.05, 0.1) is 0 Å². The standard InChI is InChI=1S/C10H11F2NO/c11-10(12)14-9-2-1-8-6-13-4-3-7(8)5-9/h1-2,5,10,13H,3-4,6H2. The number of alkyl halides is 2. The molecule has 0 aromatic heterocycles. The average molecular weight is 199 g/mol. The first-order valence-corrected chi connectivity index (χ1v) is 4.53.